The van der Waals surface area contributed by atoms with Crippen LogP contribution in [0.3, 0.4) is 0 Å². The lowest BCUT2D eigenvalue weighted by Crippen LogP contribution is -2.39. The Morgan fingerprint density at radius 2 is 2.20 bits per heavy atom. The normalized spacial score (nSPS) is 12.4. The molecule has 1 atom stereocenters. The highest BCUT2D eigenvalue weighted by Crippen LogP contribution is 2.19. The number of hydrogen-bond acceptors (Lipinski definition) is 2. The van der Waals surface area contributed by atoms with Gasteiger partial charge in [-0.1, -0.05) is 23.8 Å². The molecule has 2 aromatic rings. The molecule has 1 heterocycles. The Balaban J connectivity index is 2.07. The molecule has 0 bridgehead atoms. The molecule has 4 heteroatoms. The Bertz CT molecular complexity index is 616. The number of aliphatic carboxylic acids is 1. The van der Waals surface area contributed by atoms with Crippen molar-refractivity contribution >= 4 is 16.9 Å². The summed E-state index contributed by atoms with van der Waals surface area (Å²) in [6.45, 7) is 6.40. The highest BCUT2D eigenvalue weighted by molar-refractivity contribution is 5.84. The number of benzene rings is 1. The summed E-state index contributed by atoms with van der Waals surface area (Å²) in [5, 5.41) is 13.5. The first-order chi connectivity index (χ1) is 9.58. The highest BCUT2D eigenvalue weighted by atomic mass is 16.4. The zero-order chi connectivity index (χ0) is 14.5. The molecular formula is C16H20N2O2. The molecule has 20 heavy (non-hydrogen) atoms. The maximum absolute atomic E-state index is 11.3. The molecule has 2 rings (SSSR count). The van der Waals surface area contributed by atoms with Gasteiger partial charge in [-0.15, -0.1) is 6.58 Å². The molecule has 0 saturated heterocycles. The van der Waals surface area contributed by atoms with Crippen LogP contribution in [-0.2, 0) is 11.2 Å². The number of para-hydroxylation sites is 1. The van der Waals surface area contributed by atoms with Crippen molar-refractivity contribution in [2.75, 3.05) is 6.54 Å². The molecule has 1 aromatic heterocycles. The first-order valence-electron chi connectivity index (χ1n) is 6.73. The van der Waals surface area contributed by atoms with Crippen molar-refractivity contribution in [3.63, 3.8) is 0 Å². The first kappa shape index (κ1) is 14.3. The smallest absolute Gasteiger partial charge is 0.321 e. The number of fused-ring (bicyclic) bond motifs is 1. The number of hydrogen-bond donors (Lipinski definition) is 3. The van der Waals surface area contributed by atoms with Gasteiger partial charge in [-0.05, 0) is 31.5 Å². The van der Waals surface area contributed by atoms with E-state index in [9.17, 15) is 9.90 Å². The molecule has 0 fully saturated rings. The first-order valence-corrected chi connectivity index (χ1v) is 6.73. The Morgan fingerprint density at radius 3 is 2.90 bits per heavy atom. The molecule has 106 valence electrons. The predicted octanol–water partition coefficient (Wildman–Crippen LogP) is 2.72. The maximum atomic E-state index is 11.3. The number of nitrogens with one attached hydrogen (secondary N) is 2. The Kier molecular flexibility index (Phi) is 4.58. The molecule has 0 saturated carbocycles. The summed E-state index contributed by atoms with van der Waals surface area (Å²) in [6.07, 6.45) is 3.15. The van der Waals surface area contributed by atoms with E-state index in [-0.39, 0.29) is 0 Å². The molecule has 0 aliphatic carbocycles. The fraction of sp³-hybridized carbons (Fsp3) is 0.312. The number of carboxylic acids is 1. The van der Waals surface area contributed by atoms with Crippen LogP contribution < -0.4 is 5.32 Å². The number of carboxylic acid groups (broad SMARTS) is 1. The second-order valence-electron chi connectivity index (χ2n) is 5.12. The highest BCUT2D eigenvalue weighted by Gasteiger charge is 2.18. The Labute approximate surface area is 118 Å². The summed E-state index contributed by atoms with van der Waals surface area (Å²) in [7, 11) is 0. The number of aromatic amines is 1. The second-order valence-corrected chi connectivity index (χ2v) is 5.12. The standard InChI is InChI=1S/C16H20N2O2/c1-11(2)7-8-17-15(16(19)20)9-12-10-18-14-6-4-3-5-13(12)14/h3-6,10,15,17-18H,1,7-9H2,2H3,(H,19,20)/t15-/m0/s1. The minimum absolute atomic E-state index is 0.468. The minimum atomic E-state index is -0.822. The van der Waals surface area contributed by atoms with Crippen molar-refractivity contribution in [2.45, 2.75) is 25.8 Å². The zero-order valence-electron chi connectivity index (χ0n) is 11.6. The van der Waals surface area contributed by atoms with Gasteiger partial charge in [0, 0.05) is 23.5 Å². The molecular weight excluding hydrogens is 252 g/mol. The third kappa shape index (κ3) is 3.48. The summed E-state index contributed by atoms with van der Waals surface area (Å²) >= 11 is 0. The van der Waals surface area contributed by atoms with Gasteiger partial charge in [-0.3, -0.25) is 4.79 Å². The average molecular weight is 272 g/mol. The van der Waals surface area contributed by atoms with E-state index in [0.29, 0.717) is 13.0 Å². The third-order valence-electron chi connectivity index (χ3n) is 3.34. The van der Waals surface area contributed by atoms with E-state index in [1.165, 1.54) is 0 Å². The van der Waals surface area contributed by atoms with Crippen molar-refractivity contribution in [3.05, 3.63) is 48.2 Å². The van der Waals surface area contributed by atoms with Crippen molar-refractivity contribution in [1.82, 2.24) is 10.3 Å². The van der Waals surface area contributed by atoms with Crippen molar-refractivity contribution in [3.8, 4) is 0 Å². The van der Waals surface area contributed by atoms with Gasteiger partial charge in [0.15, 0.2) is 0 Å². The van der Waals surface area contributed by atoms with Crippen LogP contribution in [0.2, 0.25) is 0 Å². The summed E-state index contributed by atoms with van der Waals surface area (Å²) in [6, 6.07) is 7.34. The van der Waals surface area contributed by atoms with Gasteiger partial charge in [0.05, 0.1) is 0 Å². The molecule has 3 N–H and O–H groups in total. The quantitative estimate of drug-likeness (QED) is 0.679. The number of rotatable bonds is 7. The Morgan fingerprint density at radius 1 is 1.45 bits per heavy atom. The average Bonchev–Trinajstić information content (AvgIpc) is 2.80. The number of H-pyrrole nitrogens is 1. The minimum Gasteiger partial charge on any atom is -0.480 e. The van der Waals surface area contributed by atoms with Gasteiger partial charge in [-0.2, -0.15) is 0 Å². The molecule has 4 nitrogen and oxygen atoms in total. The molecule has 0 amide bonds. The molecule has 0 radical (unpaired) electrons. The second kappa shape index (κ2) is 6.39. The summed E-state index contributed by atoms with van der Waals surface area (Å²) < 4.78 is 0. The van der Waals surface area contributed by atoms with Crippen LogP contribution in [0.25, 0.3) is 10.9 Å². The van der Waals surface area contributed by atoms with E-state index in [1.54, 1.807) is 0 Å². The Hall–Kier alpha value is -2.07. The van der Waals surface area contributed by atoms with Gasteiger partial charge in [0.2, 0.25) is 0 Å². The zero-order valence-corrected chi connectivity index (χ0v) is 11.6. The molecule has 0 unspecified atom stereocenters. The van der Waals surface area contributed by atoms with E-state index < -0.39 is 12.0 Å². The van der Waals surface area contributed by atoms with Crippen molar-refractivity contribution < 1.29 is 9.90 Å². The number of carbonyl (C=O) groups is 1. The van der Waals surface area contributed by atoms with Gasteiger partial charge in [0.25, 0.3) is 0 Å². The lowest BCUT2D eigenvalue weighted by atomic mass is 10.0. The van der Waals surface area contributed by atoms with Crippen LogP contribution in [-0.4, -0.2) is 28.6 Å². The maximum Gasteiger partial charge on any atom is 0.321 e. The fourth-order valence-electron chi connectivity index (χ4n) is 2.23. The SMILES string of the molecule is C=C(C)CCN[C@@H](Cc1c[nH]c2ccccc12)C(=O)O. The third-order valence-corrected chi connectivity index (χ3v) is 3.34. The molecule has 0 aliphatic rings. The molecule has 0 spiro atoms. The lowest BCUT2D eigenvalue weighted by molar-refractivity contribution is -0.139. The molecule has 1 aromatic carbocycles. The predicted molar refractivity (Wildman–Crippen MR) is 80.9 cm³/mol. The summed E-state index contributed by atoms with van der Waals surface area (Å²) in [5.74, 6) is -0.822. The van der Waals surface area contributed by atoms with E-state index >= 15 is 0 Å². The van der Waals surface area contributed by atoms with Gasteiger partial charge in [-0.25, -0.2) is 0 Å². The molecule has 0 aliphatic heterocycles. The van der Waals surface area contributed by atoms with E-state index in [1.807, 2.05) is 37.4 Å². The van der Waals surface area contributed by atoms with Gasteiger partial charge >= 0.3 is 5.97 Å². The van der Waals surface area contributed by atoms with Crippen molar-refractivity contribution in [2.24, 2.45) is 0 Å². The fourth-order valence-corrected chi connectivity index (χ4v) is 2.23. The van der Waals surface area contributed by atoms with Crippen LogP contribution in [0.15, 0.2) is 42.6 Å². The van der Waals surface area contributed by atoms with Gasteiger partial charge in [0.1, 0.15) is 6.04 Å². The van der Waals surface area contributed by atoms with Crippen LogP contribution in [0, 0.1) is 0 Å². The summed E-state index contributed by atoms with van der Waals surface area (Å²) in [4.78, 5) is 14.5. The number of aromatic nitrogens is 1. The summed E-state index contributed by atoms with van der Waals surface area (Å²) in [5.41, 5.74) is 3.11. The lowest BCUT2D eigenvalue weighted by Gasteiger charge is -2.14. The van der Waals surface area contributed by atoms with Gasteiger partial charge < -0.3 is 15.4 Å². The van der Waals surface area contributed by atoms with E-state index in [4.69, 9.17) is 0 Å². The van der Waals surface area contributed by atoms with Crippen LogP contribution in [0.4, 0.5) is 0 Å². The van der Waals surface area contributed by atoms with E-state index in [0.717, 1.165) is 28.5 Å². The monoisotopic (exact) mass is 272 g/mol. The van der Waals surface area contributed by atoms with Crippen molar-refractivity contribution in [1.29, 1.82) is 0 Å². The van der Waals surface area contributed by atoms with Crippen LogP contribution in [0.1, 0.15) is 18.9 Å². The van der Waals surface area contributed by atoms with Crippen LogP contribution in [0.5, 0.6) is 0 Å². The largest absolute Gasteiger partial charge is 0.480 e. The van der Waals surface area contributed by atoms with Crippen LogP contribution >= 0.6 is 0 Å². The van der Waals surface area contributed by atoms with E-state index in [2.05, 4.69) is 16.9 Å². The topological polar surface area (TPSA) is 65.1 Å².